The van der Waals surface area contributed by atoms with Gasteiger partial charge in [-0.15, -0.1) is 0 Å². The van der Waals surface area contributed by atoms with Crippen LogP contribution in [0.15, 0.2) is 65.1 Å². The van der Waals surface area contributed by atoms with Crippen molar-refractivity contribution in [3.63, 3.8) is 0 Å². The molecule has 1 aromatic heterocycles. The van der Waals surface area contributed by atoms with Crippen LogP contribution in [0, 0.1) is 0 Å². The first-order valence-electron chi connectivity index (χ1n) is 8.24. The molecule has 0 aliphatic heterocycles. The highest BCUT2D eigenvalue weighted by Gasteiger charge is 2.15. The van der Waals surface area contributed by atoms with Gasteiger partial charge in [-0.1, -0.05) is 79.2 Å². The Bertz CT molecular complexity index is 1030. The van der Waals surface area contributed by atoms with Gasteiger partial charge in [0.1, 0.15) is 0 Å². The van der Waals surface area contributed by atoms with E-state index in [1.54, 1.807) is 0 Å². The van der Waals surface area contributed by atoms with Crippen LogP contribution in [0.25, 0.3) is 32.9 Å². The molecule has 3 aromatic carbocycles. The third-order valence-electron chi connectivity index (χ3n) is 4.64. The van der Waals surface area contributed by atoms with Gasteiger partial charge in [0.05, 0.1) is 5.52 Å². The van der Waals surface area contributed by atoms with Crippen molar-refractivity contribution in [3.8, 4) is 11.1 Å². The molecule has 24 heavy (non-hydrogen) atoms. The number of rotatable bonds is 1. The van der Waals surface area contributed by atoms with Crippen molar-refractivity contribution < 1.29 is 0 Å². The van der Waals surface area contributed by atoms with E-state index in [9.17, 15) is 0 Å². The molecule has 0 unspecified atom stereocenters. The predicted octanol–water partition coefficient (Wildman–Crippen LogP) is 7.05. The number of hydrogen-bond donors (Lipinski definition) is 1. The fourth-order valence-corrected chi connectivity index (χ4v) is 3.75. The summed E-state index contributed by atoms with van der Waals surface area (Å²) in [6.07, 6.45) is 0. The van der Waals surface area contributed by atoms with E-state index in [2.05, 4.69) is 102 Å². The van der Waals surface area contributed by atoms with E-state index in [4.69, 9.17) is 0 Å². The molecule has 0 spiro atoms. The highest BCUT2D eigenvalue weighted by Crippen LogP contribution is 2.36. The second-order valence-corrected chi connectivity index (χ2v) is 8.29. The number of H-pyrrole nitrogens is 1. The van der Waals surface area contributed by atoms with E-state index in [-0.39, 0.29) is 5.41 Å². The summed E-state index contributed by atoms with van der Waals surface area (Å²) in [6, 6.07) is 21.8. The summed E-state index contributed by atoms with van der Waals surface area (Å²) < 4.78 is 1.11. The molecule has 0 saturated carbocycles. The maximum Gasteiger partial charge on any atom is 0.0545 e. The highest BCUT2D eigenvalue weighted by molar-refractivity contribution is 9.10. The number of aromatic amines is 1. The molecule has 0 aliphatic rings. The zero-order valence-corrected chi connectivity index (χ0v) is 15.7. The summed E-state index contributed by atoms with van der Waals surface area (Å²) in [5.74, 6) is 0. The average molecular weight is 378 g/mol. The van der Waals surface area contributed by atoms with Gasteiger partial charge in [0.25, 0.3) is 0 Å². The smallest absolute Gasteiger partial charge is 0.0545 e. The van der Waals surface area contributed by atoms with Gasteiger partial charge < -0.3 is 4.98 Å². The van der Waals surface area contributed by atoms with Gasteiger partial charge in [-0.2, -0.15) is 0 Å². The molecule has 0 saturated heterocycles. The van der Waals surface area contributed by atoms with Crippen molar-refractivity contribution in [3.05, 3.63) is 70.7 Å². The molecule has 0 amide bonds. The van der Waals surface area contributed by atoms with Crippen LogP contribution in [0.3, 0.4) is 0 Å². The molecule has 0 atom stereocenters. The summed E-state index contributed by atoms with van der Waals surface area (Å²) >= 11 is 3.68. The zero-order chi connectivity index (χ0) is 16.9. The Labute approximate surface area is 150 Å². The largest absolute Gasteiger partial charge is 0.354 e. The molecular formula is C22H20BrN. The van der Waals surface area contributed by atoms with Crippen molar-refractivity contribution in [2.75, 3.05) is 0 Å². The van der Waals surface area contributed by atoms with Crippen LogP contribution >= 0.6 is 15.9 Å². The highest BCUT2D eigenvalue weighted by atomic mass is 79.9. The van der Waals surface area contributed by atoms with Gasteiger partial charge in [-0.25, -0.2) is 0 Å². The van der Waals surface area contributed by atoms with Crippen LogP contribution in [0.2, 0.25) is 0 Å². The van der Waals surface area contributed by atoms with E-state index in [0.29, 0.717) is 0 Å². The first kappa shape index (κ1) is 15.5. The van der Waals surface area contributed by atoms with Gasteiger partial charge in [0, 0.05) is 26.3 Å². The fourth-order valence-electron chi connectivity index (χ4n) is 3.29. The number of para-hydroxylation sites is 1. The first-order valence-corrected chi connectivity index (χ1v) is 9.04. The van der Waals surface area contributed by atoms with Crippen molar-refractivity contribution >= 4 is 37.7 Å². The van der Waals surface area contributed by atoms with Crippen LogP contribution in [-0.2, 0) is 5.41 Å². The molecule has 1 nitrogen and oxygen atoms in total. The Kier molecular flexibility index (Phi) is 3.54. The molecule has 4 aromatic rings. The maximum atomic E-state index is 3.68. The van der Waals surface area contributed by atoms with E-state index in [1.807, 2.05) is 0 Å². The lowest BCUT2D eigenvalue weighted by molar-refractivity contribution is 0.590. The summed E-state index contributed by atoms with van der Waals surface area (Å²) in [7, 11) is 0. The molecule has 4 rings (SSSR count). The van der Waals surface area contributed by atoms with E-state index in [1.165, 1.54) is 38.5 Å². The Morgan fingerprint density at radius 2 is 1.54 bits per heavy atom. The normalized spacial score (nSPS) is 12.2. The van der Waals surface area contributed by atoms with Crippen LogP contribution in [0.1, 0.15) is 26.3 Å². The Morgan fingerprint density at radius 3 is 2.25 bits per heavy atom. The van der Waals surface area contributed by atoms with Gasteiger partial charge in [0.2, 0.25) is 0 Å². The van der Waals surface area contributed by atoms with Gasteiger partial charge in [-0.05, 0) is 34.7 Å². The Morgan fingerprint density at radius 1 is 0.833 bits per heavy atom. The van der Waals surface area contributed by atoms with Crippen molar-refractivity contribution in [2.24, 2.45) is 0 Å². The maximum absolute atomic E-state index is 3.68. The lowest BCUT2D eigenvalue weighted by atomic mass is 9.86. The lowest BCUT2D eigenvalue weighted by Crippen LogP contribution is -2.10. The third kappa shape index (κ3) is 2.55. The van der Waals surface area contributed by atoms with E-state index < -0.39 is 0 Å². The average Bonchev–Trinajstić information content (AvgIpc) is 2.92. The van der Waals surface area contributed by atoms with Gasteiger partial charge >= 0.3 is 0 Å². The van der Waals surface area contributed by atoms with Crippen molar-refractivity contribution in [2.45, 2.75) is 26.2 Å². The van der Waals surface area contributed by atoms with Gasteiger partial charge in [-0.3, -0.25) is 0 Å². The minimum Gasteiger partial charge on any atom is -0.354 e. The number of nitrogens with one attached hydrogen (secondary N) is 1. The Hall–Kier alpha value is -2.06. The van der Waals surface area contributed by atoms with Crippen LogP contribution in [0.5, 0.6) is 0 Å². The van der Waals surface area contributed by atoms with Crippen molar-refractivity contribution in [1.29, 1.82) is 0 Å². The molecule has 2 heteroatoms. The molecule has 0 radical (unpaired) electrons. The number of hydrogen-bond acceptors (Lipinski definition) is 0. The van der Waals surface area contributed by atoms with E-state index in [0.717, 1.165) is 4.47 Å². The zero-order valence-electron chi connectivity index (χ0n) is 14.2. The lowest BCUT2D eigenvalue weighted by Gasteiger charge is -2.19. The first-order chi connectivity index (χ1) is 11.4. The summed E-state index contributed by atoms with van der Waals surface area (Å²) in [5, 5.41) is 2.52. The fraction of sp³-hybridized carbons (Fsp3) is 0.182. The molecule has 0 aliphatic carbocycles. The van der Waals surface area contributed by atoms with Crippen molar-refractivity contribution in [1.82, 2.24) is 4.98 Å². The SMILES string of the molecule is CC(C)(C)c1ccc(-c2cc(Br)cc3c2[nH]c2ccccc23)cc1. The van der Waals surface area contributed by atoms with E-state index >= 15 is 0 Å². The number of fused-ring (bicyclic) bond motifs is 3. The summed E-state index contributed by atoms with van der Waals surface area (Å²) in [4.78, 5) is 3.60. The van der Waals surface area contributed by atoms with Crippen LogP contribution in [-0.4, -0.2) is 4.98 Å². The second-order valence-electron chi connectivity index (χ2n) is 7.37. The minimum absolute atomic E-state index is 0.173. The molecule has 0 bridgehead atoms. The minimum atomic E-state index is 0.173. The van der Waals surface area contributed by atoms with Gasteiger partial charge in [0.15, 0.2) is 0 Å². The predicted molar refractivity (Wildman–Crippen MR) is 108 cm³/mol. The number of aromatic nitrogens is 1. The van der Waals surface area contributed by atoms with Crippen LogP contribution < -0.4 is 0 Å². The topological polar surface area (TPSA) is 15.8 Å². The molecular weight excluding hydrogens is 358 g/mol. The monoisotopic (exact) mass is 377 g/mol. The summed E-state index contributed by atoms with van der Waals surface area (Å²) in [5.41, 5.74) is 6.37. The molecule has 120 valence electrons. The van der Waals surface area contributed by atoms with Crippen LogP contribution in [0.4, 0.5) is 0 Å². The molecule has 1 heterocycles. The Balaban J connectivity index is 1.96. The second kappa shape index (κ2) is 5.49. The molecule has 0 fully saturated rings. The standard InChI is InChI=1S/C22H20BrN/c1-22(2,3)15-10-8-14(9-11-15)18-12-16(23)13-19-17-6-4-5-7-20(17)24-21(18)19/h4-13,24H,1-3H3. The molecule has 1 N–H and O–H groups in total. The third-order valence-corrected chi connectivity index (χ3v) is 5.10. The quantitative estimate of drug-likeness (QED) is 0.365. The number of benzene rings is 3. The number of halogens is 1. The summed E-state index contributed by atoms with van der Waals surface area (Å²) in [6.45, 7) is 6.74.